The molecule has 1 aromatic rings. The average molecular weight is 359 g/mol. The lowest BCUT2D eigenvalue weighted by Crippen LogP contribution is -2.54. The zero-order chi connectivity index (χ0) is 18.7. The van der Waals surface area contributed by atoms with Gasteiger partial charge in [-0.2, -0.15) is 0 Å². The maximum absolute atomic E-state index is 12.8. The van der Waals surface area contributed by atoms with Crippen LogP contribution in [-0.4, -0.2) is 41.9 Å². The van der Waals surface area contributed by atoms with Gasteiger partial charge in [-0.05, 0) is 36.5 Å². The van der Waals surface area contributed by atoms with Gasteiger partial charge in [0.25, 0.3) is 5.91 Å². The average Bonchev–Trinajstić information content (AvgIpc) is 2.88. The molecule has 1 aliphatic carbocycles. The lowest BCUT2D eigenvalue weighted by Gasteiger charge is -2.36. The fourth-order valence-corrected chi connectivity index (χ4v) is 3.82. The van der Waals surface area contributed by atoms with Gasteiger partial charge in [0, 0.05) is 6.54 Å². The molecule has 140 valence electrons. The van der Waals surface area contributed by atoms with E-state index in [-0.39, 0.29) is 24.3 Å². The third kappa shape index (κ3) is 3.38. The second-order valence-electron chi connectivity index (χ2n) is 7.07. The highest BCUT2D eigenvalue weighted by atomic mass is 16.5. The van der Waals surface area contributed by atoms with Gasteiger partial charge < -0.3 is 15.4 Å². The molecule has 2 atom stereocenters. The van der Waals surface area contributed by atoms with Gasteiger partial charge in [0.15, 0.2) is 0 Å². The standard InChI is InChI=1S/C19H25N3O4/c1-13-6-3-4-9-19(13)17(24)22(18(25)21-19)12-16(23)20-11-14-7-5-8-15(10-14)26-2/h5,7-8,10,13H,3-4,6,9,11-12H2,1-2H3,(H,20,23)(H,21,25)/t13-,19-/m1/s1. The molecule has 2 fully saturated rings. The Labute approximate surface area is 153 Å². The van der Waals surface area contributed by atoms with Crippen LogP contribution in [0.3, 0.4) is 0 Å². The van der Waals surface area contributed by atoms with Crippen LogP contribution in [0, 0.1) is 5.92 Å². The van der Waals surface area contributed by atoms with Crippen LogP contribution in [0.15, 0.2) is 24.3 Å². The third-order valence-corrected chi connectivity index (χ3v) is 5.43. The van der Waals surface area contributed by atoms with Crippen molar-refractivity contribution in [1.82, 2.24) is 15.5 Å². The van der Waals surface area contributed by atoms with E-state index in [9.17, 15) is 14.4 Å². The van der Waals surface area contributed by atoms with Crippen molar-refractivity contribution in [1.29, 1.82) is 0 Å². The number of hydrogen-bond donors (Lipinski definition) is 2. The predicted octanol–water partition coefficient (Wildman–Crippen LogP) is 1.81. The first kappa shape index (κ1) is 18.2. The van der Waals surface area contributed by atoms with E-state index in [1.165, 1.54) is 0 Å². The Morgan fingerprint density at radius 1 is 1.38 bits per heavy atom. The molecule has 1 aromatic carbocycles. The molecule has 1 aliphatic heterocycles. The minimum absolute atomic E-state index is 0.0811. The number of carbonyl (C=O) groups excluding carboxylic acids is 3. The normalized spacial score (nSPS) is 25.3. The third-order valence-electron chi connectivity index (χ3n) is 5.43. The van der Waals surface area contributed by atoms with Crippen LogP contribution >= 0.6 is 0 Å². The van der Waals surface area contributed by atoms with Crippen molar-refractivity contribution in [3.8, 4) is 5.75 Å². The molecule has 0 unspecified atom stereocenters. The molecule has 2 N–H and O–H groups in total. The predicted molar refractivity (Wildman–Crippen MR) is 95.4 cm³/mol. The first-order valence-corrected chi connectivity index (χ1v) is 9.00. The summed E-state index contributed by atoms with van der Waals surface area (Å²) in [5.74, 6) is 0.152. The highest BCUT2D eigenvalue weighted by molar-refractivity contribution is 6.09. The van der Waals surface area contributed by atoms with Crippen molar-refractivity contribution < 1.29 is 19.1 Å². The van der Waals surface area contributed by atoms with Crippen LogP contribution in [-0.2, 0) is 16.1 Å². The van der Waals surface area contributed by atoms with Crippen molar-refractivity contribution in [3.63, 3.8) is 0 Å². The summed E-state index contributed by atoms with van der Waals surface area (Å²) >= 11 is 0. The van der Waals surface area contributed by atoms with E-state index >= 15 is 0 Å². The van der Waals surface area contributed by atoms with E-state index in [1.807, 2.05) is 31.2 Å². The van der Waals surface area contributed by atoms with Crippen molar-refractivity contribution in [2.24, 2.45) is 5.92 Å². The lowest BCUT2D eigenvalue weighted by atomic mass is 9.73. The minimum Gasteiger partial charge on any atom is -0.497 e. The molecule has 2 aliphatic rings. The largest absolute Gasteiger partial charge is 0.497 e. The number of urea groups is 1. The summed E-state index contributed by atoms with van der Waals surface area (Å²) in [5.41, 5.74) is 0.0508. The first-order chi connectivity index (χ1) is 12.5. The maximum Gasteiger partial charge on any atom is 0.325 e. The Kier molecular flexibility index (Phi) is 5.15. The smallest absolute Gasteiger partial charge is 0.325 e. The molecule has 7 heteroatoms. The Bertz CT molecular complexity index is 720. The number of nitrogens with zero attached hydrogens (tertiary/aromatic N) is 1. The summed E-state index contributed by atoms with van der Waals surface area (Å²) < 4.78 is 5.15. The second-order valence-corrected chi connectivity index (χ2v) is 7.07. The van der Waals surface area contributed by atoms with E-state index in [0.717, 1.165) is 29.7 Å². The van der Waals surface area contributed by atoms with E-state index in [1.54, 1.807) is 7.11 Å². The number of rotatable bonds is 5. The van der Waals surface area contributed by atoms with Gasteiger partial charge in [0.05, 0.1) is 7.11 Å². The zero-order valence-electron chi connectivity index (χ0n) is 15.2. The lowest BCUT2D eigenvalue weighted by molar-refractivity contribution is -0.137. The van der Waals surface area contributed by atoms with Crippen LogP contribution in [0.2, 0.25) is 0 Å². The molecule has 0 radical (unpaired) electrons. The molecule has 26 heavy (non-hydrogen) atoms. The van der Waals surface area contributed by atoms with E-state index in [2.05, 4.69) is 10.6 Å². The molecule has 4 amide bonds. The van der Waals surface area contributed by atoms with Gasteiger partial charge in [0.2, 0.25) is 5.91 Å². The number of amides is 4. The molecule has 1 saturated carbocycles. The monoisotopic (exact) mass is 359 g/mol. The van der Waals surface area contributed by atoms with Gasteiger partial charge in [-0.3, -0.25) is 14.5 Å². The molecule has 1 heterocycles. The number of benzene rings is 1. The van der Waals surface area contributed by atoms with E-state index in [4.69, 9.17) is 4.74 Å². The Morgan fingerprint density at radius 3 is 2.92 bits per heavy atom. The molecular weight excluding hydrogens is 334 g/mol. The fourth-order valence-electron chi connectivity index (χ4n) is 3.82. The van der Waals surface area contributed by atoms with Crippen molar-refractivity contribution in [2.45, 2.75) is 44.7 Å². The highest BCUT2D eigenvalue weighted by Crippen LogP contribution is 2.38. The summed E-state index contributed by atoms with van der Waals surface area (Å²) in [5, 5.41) is 5.61. The summed E-state index contributed by atoms with van der Waals surface area (Å²) in [4.78, 5) is 38.4. The quantitative estimate of drug-likeness (QED) is 0.785. The van der Waals surface area contributed by atoms with Crippen LogP contribution in [0.1, 0.15) is 38.2 Å². The van der Waals surface area contributed by atoms with Gasteiger partial charge in [0.1, 0.15) is 17.8 Å². The summed E-state index contributed by atoms with van der Waals surface area (Å²) in [6, 6.07) is 6.89. The molecule has 7 nitrogen and oxygen atoms in total. The number of hydrogen-bond acceptors (Lipinski definition) is 4. The number of ether oxygens (including phenoxy) is 1. The van der Waals surface area contributed by atoms with Gasteiger partial charge in [-0.1, -0.05) is 31.9 Å². The minimum atomic E-state index is -0.831. The SMILES string of the molecule is COc1cccc(CNC(=O)CN2C(=O)N[C@@]3(CCCC[C@H]3C)C2=O)c1. The first-order valence-electron chi connectivity index (χ1n) is 9.00. The Morgan fingerprint density at radius 2 is 2.19 bits per heavy atom. The number of nitrogens with one attached hydrogen (secondary N) is 2. The Balaban J connectivity index is 1.60. The van der Waals surface area contributed by atoms with Gasteiger partial charge in [-0.25, -0.2) is 4.79 Å². The van der Waals surface area contributed by atoms with Crippen LogP contribution in [0.4, 0.5) is 4.79 Å². The number of imide groups is 1. The zero-order valence-corrected chi connectivity index (χ0v) is 15.2. The molecule has 0 bridgehead atoms. The summed E-state index contributed by atoms with van der Waals surface area (Å²) in [6.45, 7) is 2.04. The van der Waals surface area contributed by atoms with Gasteiger partial charge >= 0.3 is 6.03 Å². The van der Waals surface area contributed by atoms with Crippen LogP contribution < -0.4 is 15.4 Å². The highest BCUT2D eigenvalue weighted by Gasteiger charge is 2.55. The maximum atomic E-state index is 12.8. The molecule has 0 aromatic heterocycles. The Hall–Kier alpha value is -2.57. The van der Waals surface area contributed by atoms with Crippen molar-refractivity contribution in [2.75, 3.05) is 13.7 Å². The number of carbonyl (C=O) groups is 3. The van der Waals surface area contributed by atoms with Crippen LogP contribution in [0.25, 0.3) is 0 Å². The molecule has 1 saturated heterocycles. The number of methoxy groups -OCH3 is 1. The van der Waals surface area contributed by atoms with Gasteiger partial charge in [-0.15, -0.1) is 0 Å². The van der Waals surface area contributed by atoms with E-state index in [0.29, 0.717) is 18.7 Å². The topological polar surface area (TPSA) is 87.7 Å². The summed E-state index contributed by atoms with van der Waals surface area (Å²) in [6.07, 6.45) is 3.52. The van der Waals surface area contributed by atoms with Crippen molar-refractivity contribution >= 4 is 17.8 Å². The molecular formula is C19H25N3O4. The summed E-state index contributed by atoms with van der Waals surface area (Å²) in [7, 11) is 1.58. The van der Waals surface area contributed by atoms with Crippen molar-refractivity contribution in [3.05, 3.63) is 29.8 Å². The van der Waals surface area contributed by atoms with Crippen LogP contribution in [0.5, 0.6) is 5.75 Å². The van der Waals surface area contributed by atoms with E-state index < -0.39 is 11.6 Å². The molecule has 1 spiro atoms. The second kappa shape index (κ2) is 7.35. The fraction of sp³-hybridized carbons (Fsp3) is 0.526. The molecule has 3 rings (SSSR count).